The maximum Gasteiger partial charge on any atom is 0.141 e. The highest BCUT2D eigenvalue weighted by molar-refractivity contribution is 8.00. The van der Waals surface area contributed by atoms with Gasteiger partial charge in [-0.25, -0.2) is 18.1 Å². The van der Waals surface area contributed by atoms with Crippen LogP contribution in [0.25, 0.3) is 22.8 Å². The second-order valence-corrected chi connectivity index (χ2v) is 11.6. The molecule has 0 bridgehead atoms. The van der Waals surface area contributed by atoms with Crippen LogP contribution in [0.5, 0.6) is 0 Å². The summed E-state index contributed by atoms with van der Waals surface area (Å²) in [5, 5.41) is 70.7. The maximum absolute atomic E-state index is 13.3. The molecule has 6 heterocycles. The SMILES string of the molecule is C[C@H]1O[C@@H](S[C@@H]2OC(CO)[C@H](O)C(n3cc(-c4ccc(F)cn4)nn3)C2O)[C@H](O)[C@H](n2cc(-c3ccc(F)cn3)nn2)C1O. The molecule has 10 atom stereocenters. The predicted molar refractivity (Wildman–Crippen MR) is 146 cm³/mol. The van der Waals surface area contributed by atoms with Gasteiger partial charge in [-0.15, -0.1) is 10.2 Å². The Morgan fingerprint density at radius 2 is 1.23 bits per heavy atom. The molecule has 44 heavy (non-hydrogen) atoms. The van der Waals surface area contributed by atoms with Crippen molar-refractivity contribution < 1.29 is 43.8 Å². The first-order valence-corrected chi connectivity index (χ1v) is 14.5. The van der Waals surface area contributed by atoms with E-state index in [0.717, 1.165) is 24.2 Å². The average Bonchev–Trinajstić information content (AvgIpc) is 3.69. The molecule has 0 amide bonds. The summed E-state index contributed by atoms with van der Waals surface area (Å²) in [5.74, 6) is -1.06. The van der Waals surface area contributed by atoms with Gasteiger partial charge in [-0.05, 0) is 31.2 Å². The number of hydrogen-bond donors (Lipinski definition) is 5. The number of aliphatic hydroxyl groups is 5. The molecule has 0 radical (unpaired) electrons. The summed E-state index contributed by atoms with van der Waals surface area (Å²) in [6.45, 7) is 0.992. The van der Waals surface area contributed by atoms with E-state index in [2.05, 4.69) is 30.6 Å². The van der Waals surface area contributed by atoms with Gasteiger partial charge in [0, 0.05) is 0 Å². The molecule has 2 aliphatic rings. The van der Waals surface area contributed by atoms with Gasteiger partial charge in [-0.2, -0.15) is 0 Å². The fourth-order valence-corrected chi connectivity index (χ4v) is 6.55. The van der Waals surface area contributed by atoms with Crippen molar-refractivity contribution in [2.45, 2.75) is 66.5 Å². The van der Waals surface area contributed by atoms with Gasteiger partial charge in [-0.3, -0.25) is 9.97 Å². The van der Waals surface area contributed by atoms with E-state index in [0.29, 0.717) is 11.4 Å². The lowest BCUT2D eigenvalue weighted by molar-refractivity contribution is -0.183. The number of pyridine rings is 2. The van der Waals surface area contributed by atoms with Crippen LogP contribution in [0.4, 0.5) is 8.78 Å². The first-order valence-electron chi connectivity index (χ1n) is 13.5. The lowest BCUT2D eigenvalue weighted by Crippen LogP contribution is -2.57. The van der Waals surface area contributed by atoms with E-state index in [-0.39, 0.29) is 11.4 Å². The summed E-state index contributed by atoms with van der Waals surface area (Å²) in [4.78, 5) is 7.94. The normalized spacial score (nSPS) is 32.5. The van der Waals surface area contributed by atoms with Gasteiger partial charge < -0.3 is 35.0 Å². The minimum absolute atomic E-state index is 0.250. The highest BCUT2D eigenvalue weighted by Crippen LogP contribution is 2.42. The number of hydrogen-bond acceptors (Lipinski definition) is 14. The summed E-state index contributed by atoms with van der Waals surface area (Å²) in [5.41, 5.74) is -1.07. The zero-order chi connectivity index (χ0) is 31.1. The lowest BCUT2D eigenvalue weighted by atomic mass is 9.97. The van der Waals surface area contributed by atoms with Crippen molar-refractivity contribution in [3.05, 3.63) is 60.7 Å². The standard InChI is InChI=1S/C26H28F2N8O7S/c1-11-21(38)19(35-8-16(31-33-35)14-4-2-12(27)6-29-14)23(40)25(42-11)44-26-24(41)20(22(39)18(10-37)43-26)36-9-17(32-34-36)15-5-3-13(28)7-30-15/h2-9,11,18-26,37-41H,10H2,1H3/t11-,18?,19-,20?,21?,22+,23-,24?,25+,26+/m1/s1. The van der Waals surface area contributed by atoms with Gasteiger partial charge in [-0.1, -0.05) is 22.2 Å². The minimum Gasteiger partial charge on any atom is -0.394 e. The molecule has 4 unspecified atom stereocenters. The number of thioether (sulfide) groups is 1. The van der Waals surface area contributed by atoms with Crippen molar-refractivity contribution in [1.82, 2.24) is 40.0 Å². The molecule has 6 rings (SSSR count). The Labute approximate surface area is 252 Å². The fraction of sp³-hybridized carbons (Fsp3) is 0.462. The topological polar surface area (TPSA) is 207 Å². The van der Waals surface area contributed by atoms with Crippen LogP contribution in [0.1, 0.15) is 19.0 Å². The first-order chi connectivity index (χ1) is 21.1. The Hall–Kier alpha value is -3.49. The Balaban J connectivity index is 1.23. The number of ether oxygens (including phenoxy) is 2. The van der Waals surface area contributed by atoms with Crippen LogP contribution in [-0.4, -0.2) is 120 Å². The number of aliphatic hydroxyl groups excluding tert-OH is 5. The maximum atomic E-state index is 13.3. The summed E-state index contributed by atoms with van der Waals surface area (Å²) in [6, 6.07) is 3.04. The Bertz CT molecular complexity index is 1560. The molecule has 18 heteroatoms. The molecule has 0 saturated carbocycles. The highest BCUT2D eigenvalue weighted by Gasteiger charge is 2.51. The van der Waals surface area contributed by atoms with Crippen molar-refractivity contribution >= 4 is 11.8 Å². The largest absolute Gasteiger partial charge is 0.394 e. The lowest BCUT2D eigenvalue weighted by Gasteiger charge is -2.45. The second-order valence-electron chi connectivity index (χ2n) is 10.4. The zero-order valence-corrected chi connectivity index (χ0v) is 23.7. The van der Waals surface area contributed by atoms with Gasteiger partial charge >= 0.3 is 0 Å². The molecule has 0 aliphatic carbocycles. The Morgan fingerprint density at radius 3 is 1.70 bits per heavy atom. The van der Waals surface area contributed by atoms with Gasteiger partial charge in [0.05, 0.1) is 48.9 Å². The van der Waals surface area contributed by atoms with E-state index in [1.807, 2.05) is 0 Å². The van der Waals surface area contributed by atoms with Crippen LogP contribution in [0.3, 0.4) is 0 Å². The summed E-state index contributed by atoms with van der Waals surface area (Å²) >= 11 is 0.882. The molecular weight excluding hydrogens is 606 g/mol. The number of halogens is 2. The third kappa shape index (κ3) is 5.82. The molecule has 15 nitrogen and oxygen atoms in total. The molecule has 2 fully saturated rings. The molecule has 234 valence electrons. The van der Waals surface area contributed by atoms with Crippen LogP contribution in [0, 0.1) is 11.6 Å². The fourth-order valence-electron chi connectivity index (χ4n) is 5.20. The van der Waals surface area contributed by atoms with E-state index in [1.54, 1.807) is 6.92 Å². The van der Waals surface area contributed by atoms with Gasteiger partial charge in [0.25, 0.3) is 0 Å². The number of nitrogens with zero attached hydrogens (tertiary/aromatic N) is 8. The minimum atomic E-state index is -1.45. The van der Waals surface area contributed by atoms with Crippen LogP contribution in [-0.2, 0) is 9.47 Å². The monoisotopic (exact) mass is 634 g/mol. The van der Waals surface area contributed by atoms with Crippen LogP contribution >= 0.6 is 11.8 Å². The molecule has 0 spiro atoms. The highest BCUT2D eigenvalue weighted by atomic mass is 32.2. The second kappa shape index (κ2) is 12.5. The third-order valence-corrected chi connectivity index (χ3v) is 8.85. The quantitative estimate of drug-likeness (QED) is 0.177. The summed E-state index contributed by atoms with van der Waals surface area (Å²) in [7, 11) is 0. The molecule has 4 aromatic rings. The van der Waals surface area contributed by atoms with Crippen LogP contribution < -0.4 is 0 Å². The molecular formula is C26H28F2N8O7S. The van der Waals surface area contributed by atoms with E-state index in [9.17, 15) is 34.3 Å². The molecule has 0 aromatic carbocycles. The Morgan fingerprint density at radius 1 is 0.727 bits per heavy atom. The van der Waals surface area contributed by atoms with Crippen molar-refractivity contribution in [2.24, 2.45) is 0 Å². The third-order valence-electron chi connectivity index (χ3n) is 7.54. The van der Waals surface area contributed by atoms with Crippen LogP contribution in [0.15, 0.2) is 49.1 Å². The van der Waals surface area contributed by atoms with Crippen LogP contribution in [0.2, 0.25) is 0 Å². The molecule has 4 aromatic heterocycles. The molecule has 5 N–H and O–H groups in total. The number of rotatable bonds is 7. The van der Waals surface area contributed by atoms with Gasteiger partial charge in [0.15, 0.2) is 0 Å². The van der Waals surface area contributed by atoms with E-state index in [1.165, 1.54) is 46.0 Å². The average molecular weight is 635 g/mol. The Kier molecular flexibility index (Phi) is 8.66. The van der Waals surface area contributed by atoms with Crippen molar-refractivity contribution in [3.63, 3.8) is 0 Å². The zero-order valence-electron chi connectivity index (χ0n) is 22.9. The predicted octanol–water partition coefficient (Wildman–Crippen LogP) is -0.307. The smallest absolute Gasteiger partial charge is 0.141 e. The van der Waals surface area contributed by atoms with Crippen molar-refractivity contribution in [3.8, 4) is 22.8 Å². The number of aromatic nitrogens is 8. The summed E-state index contributed by atoms with van der Waals surface area (Å²) in [6.07, 6.45) is -2.54. The molecule has 2 aliphatic heterocycles. The summed E-state index contributed by atoms with van der Waals surface area (Å²) < 4.78 is 40.8. The van der Waals surface area contributed by atoms with Crippen molar-refractivity contribution in [1.29, 1.82) is 0 Å². The van der Waals surface area contributed by atoms with E-state index >= 15 is 0 Å². The first kappa shape index (κ1) is 30.5. The molecule has 2 saturated heterocycles. The van der Waals surface area contributed by atoms with Crippen molar-refractivity contribution in [2.75, 3.05) is 6.61 Å². The van der Waals surface area contributed by atoms with E-state index < -0.39 is 77.8 Å². The van der Waals surface area contributed by atoms with Gasteiger partial charge in [0.1, 0.15) is 76.5 Å². The van der Waals surface area contributed by atoms with E-state index in [4.69, 9.17) is 9.47 Å². The van der Waals surface area contributed by atoms with Gasteiger partial charge in [0.2, 0.25) is 0 Å².